The molecule has 5 heteroatoms. The van der Waals surface area contributed by atoms with Crippen LogP contribution in [0, 0.1) is 6.92 Å². The van der Waals surface area contributed by atoms with E-state index in [1.54, 1.807) is 24.3 Å². The lowest BCUT2D eigenvalue weighted by molar-refractivity contribution is 0.322. The average Bonchev–Trinajstić information content (AvgIpc) is 2.52. The molecule has 1 N–H and O–H groups in total. The Morgan fingerprint density at radius 2 is 1.54 bits per heavy atom. The summed E-state index contributed by atoms with van der Waals surface area (Å²) in [7, 11) is -3.49. The molecular weight excluding hydrogens is 322 g/mol. The zero-order chi connectivity index (χ0) is 17.8. The van der Waals surface area contributed by atoms with Gasteiger partial charge in [0.2, 0.25) is 10.0 Å². The van der Waals surface area contributed by atoms with E-state index in [1.165, 1.54) is 5.56 Å². The summed E-state index contributed by atoms with van der Waals surface area (Å²) in [5.41, 5.74) is 2.35. The average molecular weight is 347 g/mol. The van der Waals surface area contributed by atoms with Gasteiger partial charge in [-0.25, -0.2) is 13.1 Å². The van der Waals surface area contributed by atoms with Gasteiger partial charge in [-0.15, -0.1) is 0 Å². The van der Waals surface area contributed by atoms with Gasteiger partial charge in [-0.05, 0) is 42.2 Å². The predicted molar refractivity (Wildman–Crippen MR) is 97.0 cm³/mol. The SMILES string of the molecule is Cc1ccc(S(=O)(=O)NCCOc2ccc(C(C)(C)C)cc2)cc1. The molecule has 0 spiro atoms. The van der Waals surface area contributed by atoms with Crippen molar-refractivity contribution in [3.63, 3.8) is 0 Å². The van der Waals surface area contributed by atoms with Gasteiger partial charge in [-0.2, -0.15) is 0 Å². The third kappa shape index (κ3) is 5.08. The minimum absolute atomic E-state index is 0.0994. The van der Waals surface area contributed by atoms with E-state index in [4.69, 9.17) is 4.74 Å². The lowest BCUT2D eigenvalue weighted by Crippen LogP contribution is -2.28. The van der Waals surface area contributed by atoms with Gasteiger partial charge in [0.25, 0.3) is 0 Å². The Morgan fingerprint density at radius 1 is 0.958 bits per heavy atom. The van der Waals surface area contributed by atoms with Crippen LogP contribution in [0.15, 0.2) is 53.4 Å². The molecule has 24 heavy (non-hydrogen) atoms. The highest BCUT2D eigenvalue weighted by Crippen LogP contribution is 2.24. The molecule has 0 unspecified atom stereocenters. The topological polar surface area (TPSA) is 55.4 Å². The van der Waals surface area contributed by atoms with Crippen molar-refractivity contribution in [2.75, 3.05) is 13.2 Å². The van der Waals surface area contributed by atoms with Crippen molar-refractivity contribution in [3.05, 3.63) is 59.7 Å². The van der Waals surface area contributed by atoms with E-state index in [1.807, 2.05) is 31.2 Å². The fourth-order valence-corrected chi connectivity index (χ4v) is 3.21. The molecule has 0 amide bonds. The van der Waals surface area contributed by atoms with E-state index < -0.39 is 10.0 Å². The number of nitrogens with one attached hydrogen (secondary N) is 1. The highest BCUT2D eigenvalue weighted by atomic mass is 32.2. The number of ether oxygens (including phenoxy) is 1. The van der Waals surface area contributed by atoms with Crippen molar-refractivity contribution in [1.29, 1.82) is 0 Å². The Labute approximate surface area is 144 Å². The molecule has 4 nitrogen and oxygen atoms in total. The summed E-state index contributed by atoms with van der Waals surface area (Å²) in [5.74, 6) is 0.734. The molecule has 0 bridgehead atoms. The molecule has 0 aliphatic carbocycles. The minimum Gasteiger partial charge on any atom is -0.492 e. The van der Waals surface area contributed by atoms with Crippen molar-refractivity contribution in [2.24, 2.45) is 0 Å². The van der Waals surface area contributed by atoms with Crippen molar-refractivity contribution in [1.82, 2.24) is 4.72 Å². The first kappa shape index (κ1) is 18.5. The Kier molecular flexibility index (Phi) is 5.67. The van der Waals surface area contributed by atoms with Crippen LogP contribution < -0.4 is 9.46 Å². The smallest absolute Gasteiger partial charge is 0.240 e. The van der Waals surface area contributed by atoms with Crippen LogP contribution in [0.5, 0.6) is 5.75 Å². The molecule has 2 aromatic rings. The Bertz CT molecular complexity index is 758. The van der Waals surface area contributed by atoms with Crippen LogP contribution in [0.4, 0.5) is 0 Å². The van der Waals surface area contributed by atoms with Crippen LogP contribution in [0.1, 0.15) is 31.9 Å². The summed E-state index contributed by atoms with van der Waals surface area (Å²) in [5, 5.41) is 0. The highest BCUT2D eigenvalue weighted by Gasteiger charge is 2.14. The van der Waals surface area contributed by atoms with Gasteiger partial charge < -0.3 is 4.74 Å². The molecule has 0 heterocycles. The van der Waals surface area contributed by atoms with Crippen LogP contribution in [-0.4, -0.2) is 21.6 Å². The van der Waals surface area contributed by atoms with Crippen molar-refractivity contribution >= 4 is 10.0 Å². The second-order valence-electron chi connectivity index (χ2n) is 6.83. The lowest BCUT2D eigenvalue weighted by atomic mass is 9.87. The second-order valence-corrected chi connectivity index (χ2v) is 8.60. The van der Waals surface area contributed by atoms with Crippen molar-refractivity contribution in [2.45, 2.75) is 38.0 Å². The van der Waals surface area contributed by atoms with E-state index >= 15 is 0 Å². The monoisotopic (exact) mass is 347 g/mol. The molecule has 0 saturated heterocycles. The zero-order valence-electron chi connectivity index (χ0n) is 14.7. The summed E-state index contributed by atoms with van der Waals surface area (Å²) in [6, 6.07) is 14.7. The number of hydrogen-bond donors (Lipinski definition) is 1. The molecule has 0 aliphatic rings. The molecule has 130 valence electrons. The van der Waals surface area contributed by atoms with Crippen molar-refractivity contribution < 1.29 is 13.2 Å². The van der Waals surface area contributed by atoms with Crippen molar-refractivity contribution in [3.8, 4) is 5.75 Å². The first-order valence-corrected chi connectivity index (χ1v) is 9.46. The molecular formula is C19H25NO3S. The van der Waals surface area contributed by atoms with E-state index in [9.17, 15) is 8.42 Å². The van der Waals surface area contributed by atoms with Gasteiger partial charge in [-0.1, -0.05) is 50.6 Å². The maximum absolute atomic E-state index is 12.1. The maximum atomic E-state index is 12.1. The van der Waals surface area contributed by atoms with Gasteiger partial charge in [0.1, 0.15) is 12.4 Å². The molecule has 0 radical (unpaired) electrons. The molecule has 2 rings (SSSR count). The summed E-state index contributed by atoms with van der Waals surface area (Å²) >= 11 is 0. The lowest BCUT2D eigenvalue weighted by Gasteiger charge is -2.19. The molecule has 0 fully saturated rings. The largest absolute Gasteiger partial charge is 0.492 e. The Hall–Kier alpha value is -1.85. The first-order chi connectivity index (χ1) is 11.2. The van der Waals surface area contributed by atoms with Crippen LogP contribution >= 0.6 is 0 Å². The molecule has 0 aromatic heterocycles. The Morgan fingerprint density at radius 3 is 2.08 bits per heavy atom. The quantitative estimate of drug-likeness (QED) is 0.812. The summed E-state index contributed by atoms with van der Waals surface area (Å²) in [6.07, 6.45) is 0. The molecule has 0 atom stereocenters. The van der Waals surface area contributed by atoms with Crippen LogP contribution in [0.3, 0.4) is 0 Å². The predicted octanol–water partition coefficient (Wildman–Crippen LogP) is 3.65. The molecule has 2 aromatic carbocycles. The van der Waals surface area contributed by atoms with Crippen LogP contribution in [-0.2, 0) is 15.4 Å². The number of aryl methyl sites for hydroxylation is 1. The number of rotatable bonds is 6. The van der Waals surface area contributed by atoms with Gasteiger partial charge >= 0.3 is 0 Å². The fraction of sp³-hybridized carbons (Fsp3) is 0.368. The van der Waals surface area contributed by atoms with Gasteiger partial charge in [0, 0.05) is 6.54 Å². The second kappa shape index (κ2) is 7.36. The highest BCUT2D eigenvalue weighted by molar-refractivity contribution is 7.89. The normalized spacial score (nSPS) is 12.2. The van der Waals surface area contributed by atoms with Gasteiger partial charge in [0.05, 0.1) is 4.90 Å². The van der Waals surface area contributed by atoms with Gasteiger partial charge in [0.15, 0.2) is 0 Å². The molecule has 0 aliphatic heterocycles. The zero-order valence-corrected chi connectivity index (χ0v) is 15.5. The fourth-order valence-electron chi connectivity index (χ4n) is 2.20. The number of benzene rings is 2. The third-order valence-electron chi connectivity index (χ3n) is 3.71. The van der Waals surface area contributed by atoms with E-state index in [0.29, 0.717) is 0 Å². The van der Waals surface area contributed by atoms with E-state index in [2.05, 4.69) is 25.5 Å². The van der Waals surface area contributed by atoms with Gasteiger partial charge in [-0.3, -0.25) is 0 Å². The summed E-state index contributed by atoms with van der Waals surface area (Å²) in [6.45, 7) is 8.88. The number of sulfonamides is 1. The standard InChI is InChI=1S/C19H25NO3S/c1-15-5-11-18(12-6-15)24(21,22)20-13-14-23-17-9-7-16(8-10-17)19(2,3)4/h5-12,20H,13-14H2,1-4H3. The first-order valence-electron chi connectivity index (χ1n) is 7.98. The maximum Gasteiger partial charge on any atom is 0.240 e. The van der Waals surface area contributed by atoms with E-state index in [-0.39, 0.29) is 23.5 Å². The third-order valence-corrected chi connectivity index (χ3v) is 5.19. The molecule has 0 saturated carbocycles. The Balaban J connectivity index is 1.85. The van der Waals surface area contributed by atoms with E-state index in [0.717, 1.165) is 11.3 Å². The number of hydrogen-bond acceptors (Lipinski definition) is 3. The summed E-state index contributed by atoms with van der Waals surface area (Å²) in [4.78, 5) is 0.266. The minimum atomic E-state index is -3.49. The summed E-state index contributed by atoms with van der Waals surface area (Å²) < 4.78 is 32.4. The van der Waals surface area contributed by atoms with Crippen LogP contribution in [0.25, 0.3) is 0 Å². The van der Waals surface area contributed by atoms with Crippen LogP contribution in [0.2, 0.25) is 0 Å².